The van der Waals surface area contributed by atoms with Gasteiger partial charge in [-0.2, -0.15) is 0 Å². The molecule has 0 bridgehead atoms. The van der Waals surface area contributed by atoms with E-state index in [9.17, 15) is 15.3 Å². The van der Waals surface area contributed by atoms with Gasteiger partial charge in [0.25, 0.3) is 0 Å². The molecule has 53 heavy (non-hydrogen) atoms. The quantitative estimate of drug-likeness (QED) is 0.0651. The van der Waals surface area contributed by atoms with Crippen molar-refractivity contribution in [3.8, 4) is 0 Å². The normalized spacial score (nSPS) is 46.1. The number of allylic oxidation sites excluding steroid dienone is 1. The molecule has 1 saturated heterocycles. The van der Waals surface area contributed by atoms with E-state index in [2.05, 4.69) is 30.2 Å². The van der Waals surface area contributed by atoms with Gasteiger partial charge < -0.3 is 35.5 Å². The zero-order chi connectivity index (χ0) is 36.8. The Hall–Kier alpha value is -2.39. The van der Waals surface area contributed by atoms with E-state index in [1.807, 2.05) is 12.1 Å². The summed E-state index contributed by atoms with van der Waals surface area (Å²) in [6.07, 6.45) is 20.7. The summed E-state index contributed by atoms with van der Waals surface area (Å²) in [6, 6.07) is 6.19. The lowest BCUT2D eigenvalue weighted by Gasteiger charge is -2.58. The number of hydrogen-bond donors (Lipinski definition) is 5. The molecule has 14 atom stereocenters. The molecule has 7 aliphatic rings. The second-order valence-electron chi connectivity index (χ2n) is 19.9. The fourth-order valence-corrected chi connectivity index (χ4v) is 14.0. The molecule has 2 heterocycles. The van der Waals surface area contributed by atoms with Gasteiger partial charge in [0.15, 0.2) is 5.96 Å². The summed E-state index contributed by atoms with van der Waals surface area (Å²) in [5.41, 5.74) is 8.66. The number of aliphatic hydroxyl groups excluding tert-OH is 2. The van der Waals surface area contributed by atoms with E-state index < -0.39 is 11.8 Å². The van der Waals surface area contributed by atoms with Gasteiger partial charge in [-0.15, -0.1) is 0 Å². The fraction of sp³-hybridized carbons (Fsp3) is 0.756. The van der Waals surface area contributed by atoms with E-state index in [0.29, 0.717) is 60.5 Å². The zero-order valence-corrected chi connectivity index (χ0v) is 32.3. The van der Waals surface area contributed by atoms with Crippen LogP contribution in [0.3, 0.4) is 0 Å². The molecular formula is C45H65N3O5. The van der Waals surface area contributed by atoms with E-state index in [1.165, 1.54) is 49.7 Å². The Balaban J connectivity index is 0.811. The molecule has 1 aromatic carbocycles. The molecular weight excluding hydrogens is 663 g/mol. The van der Waals surface area contributed by atoms with E-state index in [0.717, 1.165) is 75.0 Å². The van der Waals surface area contributed by atoms with Crippen LogP contribution in [0.4, 0.5) is 0 Å². The van der Waals surface area contributed by atoms with Crippen LogP contribution in [-0.2, 0) is 11.2 Å². The Kier molecular flexibility index (Phi) is 9.15. The number of fused-ring (bicyclic) bond motifs is 5. The summed E-state index contributed by atoms with van der Waals surface area (Å²) >= 11 is 0. The predicted molar refractivity (Wildman–Crippen MR) is 208 cm³/mol. The summed E-state index contributed by atoms with van der Waals surface area (Å²) in [6.45, 7) is 10.3. The van der Waals surface area contributed by atoms with Crippen molar-refractivity contribution < 1.29 is 24.5 Å². The molecule has 8 heteroatoms. The summed E-state index contributed by atoms with van der Waals surface area (Å²) in [5, 5.41) is 38.8. The van der Waals surface area contributed by atoms with Crippen LogP contribution in [0.1, 0.15) is 122 Å². The van der Waals surface area contributed by atoms with Gasteiger partial charge in [0, 0.05) is 35.1 Å². The second kappa shape index (κ2) is 13.4. The van der Waals surface area contributed by atoms with Crippen molar-refractivity contribution in [1.82, 2.24) is 5.32 Å². The van der Waals surface area contributed by atoms with Crippen molar-refractivity contribution >= 4 is 16.7 Å². The smallest absolute Gasteiger partial charge is 0.190 e. The first-order chi connectivity index (χ1) is 25.4. The summed E-state index contributed by atoms with van der Waals surface area (Å²) in [4.78, 5) is 4.56. The Morgan fingerprint density at radius 2 is 1.79 bits per heavy atom. The third kappa shape index (κ3) is 6.39. The first-order valence-electron chi connectivity index (χ1n) is 21.3. The largest absolute Gasteiger partial charge is 0.471 e. The molecule has 1 spiro atoms. The van der Waals surface area contributed by atoms with E-state index in [1.54, 1.807) is 12.5 Å². The number of nitrogens with zero attached hydrogens (tertiary/aromatic N) is 1. The highest BCUT2D eigenvalue weighted by atomic mass is 16.6. The molecule has 1 aromatic heterocycles. The lowest BCUT2D eigenvalue weighted by Crippen LogP contribution is -2.51. The maximum atomic E-state index is 11.7. The number of guanidine groups is 1. The van der Waals surface area contributed by atoms with Crippen molar-refractivity contribution in [2.24, 2.45) is 63.0 Å². The molecule has 0 amide bonds. The van der Waals surface area contributed by atoms with Gasteiger partial charge in [-0.25, -0.2) is 0 Å². The van der Waals surface area contributed by atoms with Gasteiger partial charge in [0.2, 0.25) is 0 Å². The Morgan fingerprint density at radius 1 is 0.981 bits per heavy atom. The highest BCUT2D eigenvalue weighted by Gasteiger charge is 2.67. The van der Waals surface area contributed by atoms with Crippen LogP contribution < -0.4 is 11.1 Å². The minimum Gasteiger partial charge on any atom is -0.471 e. The van der Waals surface area contributed by atoms with Gasteiger partial charge in [0.1, 0.15) is 6.23 Å². The molecule has 8 nitrogen and oxygen atoms in total. The van der Waals surface area contributed by atoms with E-state index in [-0.39, 0.29) is 28.5 Å². The lowest BCUT2D eigenvalue weighted by molar-refractivity contribution is -0.127. The first-order valence-corrected chi connectivity index (χ1v) is 21.3. The molecule has 6 N–H and O–H groups in total. The van der Waals surface area contributed by atoms with Crippen molar-refractivity contribution in [3.05, 3.63) is 48.4 Å². The maximum absolute atomic E-state index is 11.7. The van der Waals surface area contributed by atoms with Crippen molar-refractivity contribution in [3.63, 3.8) is 0 Å². The van der Waals surface area contributed by atoms with Crippen LogP contribution in [0.5, 0.6) is 0 Å². The number of ether oxygens (including phenoxy) is 1. The lowest BCUT2D eigenvalue weighted by atomic mass is 9.46. The molecule has 9 rings (SSSR count). The minimum atomic E-state index is -0.690. The standard InChI is InChI=1S/C45H65N3O5/c1-27-20-44(17-13-31(21-44)30-8-9-33-11-12-35(49)23-45(33,51)22-30)40-43(3,53-40)16-14-38-36(27)24-42(38,2)34-10-7-29(19-34)39(50)48-41(46)47-18-15-28-5-4-6-32-25-52-26-37(28)32/h4-6,25-26,29-31,33-36,38-40,49-51H,1,7-24H2,2-3H3,(H3,46,47,48). The van der Waals surface area contributed by atoms with Crippen molar-refractivity contribution in [2.75, 3.05) is 6.54 Å². The molecule has 14 unspecified atom stereocenters. The number of rotatable bonds is 7. The van der Waals surface area contributed by atoms with Crippen molar-refractivity contribution in [1.29, 1.82) is 0 Å². The van der Waals surface area contributed by atoms with Gasteiger partial charge in [0.05, 0.1) is 35.9 Å². The van der Waals surface area contributed by atoms with E-state index in [4.69, 9.17) is 21.5 Å². The zero-order valence-electron chi connectivity index (χ0n) is 32.3. The number of nitrogens with two attached hydrogens (primary N) is 1. The number of hydrogen-bond acceptors (Lipinski definition) is 6. The fourth-order valence-electron chi connectivity index (χ4n) is 14.0. The molecule has 2 aromatic rings. The Labute approximate surface area is 316 Å². The summed E-state index contributed by atoms with van der Waals surface area (Å²) in [7, 11) is 0. The molecule has 1 aliphatic heterocycles. The molecule has 6 saturated carbocycles. The Bertz CT molecular complexity index is 1720. The predicted octanol–water partition coefficient (Wildman–Crippen LogP) is 7.63. The minimum absolute atomic E-state index is 0.0376. The number of aliphatic hydroxyl groups is 3. The summed E-state index contributed by atoms with van der Waals surface area (Å²) in [5.74, 6) is 3.82. The van der Waals surface area contributed by atoms with Crippen LogP contribution in [0.2, 0.25) is 0 Å². The number of epoxide rings is 1. The van der Waals surface area contributed by atoms with Crippen LogP contribution in [0.25, 0.3) is 10.8 Å². The van der Waals surface area contributed by atoms with E-state index >= 15 is 0 Å². The molecule has 7 fully saturated rings. The number of aliphatic imine (C=N–C) groups is 1. The van der Waals surface area contributed by atoms with Crippen molar-refractivity contribution in [2.45, 2.75) is 153 Å². The SMILES string of the molecule is C=C1CC2(CCC(C3CCC4CCC(O)CC4(O)C3)C2)C2OC2(C)CCC2C1CC2(C)C1CCC(C(O)NC(N)=NCCc2cccc3cocc23)C1. The topological polar surface area (TPSA) is 137 Å². The molecule has 290 valence electrons. The van der Waals surface area contributed by atoms with Gasteiger partial charge in [-0.05, 0) is 156 Å². The van der Waals surface area contributed by atoms with Gasteiger partial charge >= 0.3 is 0 Å². The van der Waals surface area contributed by atoms with Crippen LogP contribution in [0, 0.1) is 52.3 Å². The third-order valence-corrected chi connectivity index (χ3v) is 17.0. The molecule has 0 radical (unpaired) electrons. The highest BCUT2D eigenvalue weighted by Crippen LogP contribution is 2.69. The van der Waals surface area contributed by atoms with Crippen LogP contribution >= 0.6 is 0 Å². The number of furan rings is 1. The first kappa shape index (κ1) is 36.3. The molecule has 6 aliphatic carbocycles. The number of benzene rings is 1. The number of nitrogens with one attached hydrogen (secondary N) is 1. The highest BCUT2D eigenvalue weighted by molar-refractivity contribution is 5.84. The second-order valence-corrected chi connectivity index (χ2v) is 19.9. The maximum Gasteiger partial charge on any atom is 0.190 e. The average molecular weight is 728 g/mol. The third-order valence-electron chi connectivity index (χ3n) is 17.0. The van der Waals surface area contributed by atoms with Crippen LogP contribution in [-0.4, -0.2) is 57.5 Å². The average Bonchev–Trinajstić information content (AvgIpc) is 3.59. The Morgan fingerprint density at radius 3 is 2.66 bits per heavy atom. The summed E-state index contributed by atoms with van der Waals surface area (Å²) < 4.78 is 12.2. The van der Waals surface area contributed by atoms with Crippen LogP contribution in [0.15, 0.2) is 52.3 Å². The van der Waals surface area contributed by atoms with Gasteiger partial charge in [-0.3, -0.25) is 4.99 Å². The monoisotopic (exact) mass is 727 g/mol. The van der Waals surface area contributed by atoms with Gasteiger partial charge in [-0.1, -0.05) is 37.3 Å².